The van der Waals surface area contributed by atoms with E-state index < -0.39 is 5.97 Å². The molecule has 0 radical (unpaired) electrons. The number of benzene rings is 2. The fourth-order valence-corrected chi connectivity index (χ4v) is 3.34. The van der Waals surface area contributed by atoms with E-state index in [-0.39, 0.29) is 35.2 Å². The maximum absolute atomic E-state index is 12.8. The number of carbonyl (C=O) groups is 2. The molecule has 0 aliphatic carbocycles. The molecule has 1 heterocycles. The minimum absolute atomic E-state index is 0.111. The molecule has 2 N–H and O–H groups in total. The van der Waals surface area contributed by atoms with Gasteiger partial charge in [0.1, 0.15) is 0 Å². The number of amides is 1. The number of nitrogens with zero attached hydrogens (tertiary/aromatic N) is 1. The van der Waals surface area contributed by atoms with Gasteiger partial charge < -0.3 is 15.0 Å². The zero-order valence-corrected chi connectivity index (χ0v) is 16.9. The zero-order valence-electron chi connectivity index (χ0n) is 16.1. The minimum Gasteiger partial charge on any atom is -0.465 e. The second-order valence-corrected chi connectivity index (χ2v) is 6.98. The molecule has 3 aromatic rings. The van der Waals surface area contributed by atoms with Crippen molar-refractivity contribution in [2.45, 2.75) is 25.9 Å². The van der Waals surface area contributed by atoms with Gasteiger partial charge in [-0.1, -0.05) is 30.3 Å². The normalized spacial score (nSPS) is 11.8. The Kier molecular flexibility index (Phi) is 6.23. The first-order chi connectivity index (χ1) is 13.9. The van der Waals surface area contributed by atoms with Crippen LogP contribution in [-0.2, 0) is 16.1 Å². The molecule has 0 saturated carbocycles. The molecule has 0 bridgehead atoms. The van der Waals surface area contributed by atoms with Crippen LogP contribution in [0.1, 0.15) is 35.3 Å². The number of hydrogen-bond donors (Lipinski definition) is 2. The van der Waals surface area contributed by atoms with Crippen LogP contribution in [-0.4, -0.2) is 28.5 Å². The van der Waals surface area contributed by atoms with E-state index in [1.807, 2.05) is 37.3 Å². The smallest absolute Gasteiger partial charge is 0.337 e. The van der Waals surface area contributed by atoms with Gasteiger partial charge in [-0.05, 0) is 42.9 Å². The van der Waals surface area contributed by atoms with Crippen molar-refractivity contribution < 1.29 is 14.3 Å². The van der Waals surface area contributed by atoms with Crippen LogP contribution < -0.4 is 10.9 Å². The van der Waals surface area contributed by atoms with Gasteiger partial charge in [-0.2, -0.15) is 0 Å². The van der Waals surface area contributed by atoms with E-state index >= 15 is 0 Å². The van der Waals surface area contributed by atoms with Gasteiger partial charge in [0.2, 0.25) is 5.91 Å². The van der Waals surface area contributed by atoms with Crippen molar-refractivity contribution in [3.05, 3.63) is 74.8 Å². The Bertz CT molecular complexity index is 1170. The topological polar surface area (TPSA) is 93.2 Å². The summed E-state index contributed by atoms with van der Waals surface area (Å²) >= 11 is 5.28. The van der Waals surface area contributed by atoms with Crippen molar-refractivity contribution in [1.29, 1.82) is 0 Å². The first-order valence-corrected chi connectivity index (χ1v) is 9.51. The summed E-state index contributed by atoms with van der Waals surface area (Å²) in [6.07, 6.45) is 0.111. The number of aromatic nitrogens is 2. The number of aromatic amines is 1. The summed E-state index contributed by atoms with van der Waals surface area (Å²) in [7, 11) is 1.29. The number of carbonyl (C=O) groups excluding carboxylic acids is 2. The highest BCUT2D eigenvalue weighted by Gasteiger charge is 2.13. The first kappa shape index (κ1) is 20.5. The van der Waals surface area contributed by atoms with Crippen molar-refractivity contribution in [2.75, 3.05) is 7.11 Å². The van der Waals surface area contributed by atoms with Crippen LogP contribution in [0.25, 0.3) is 10.9 Å². The van der Waals surface area contributed by atoms with Crippen LogP contribution in [0.15, 0.2) is 53.3 Å². The van der Waals surface area contributed by atoms with E-state index in [9.17, 15) is 14.4 Å². The Morgan fingerprint density at radius 1 is 1.21 bits per heavy atom. The van der Waals surface area contributed by atoms with Crippen LogP contribution in [0.3, 0.4) is 0 Å². The number of rotatable bonds is 6. The molecule has 2 aromatic carbocycles. The Morgan fingerprint density at radius 2 is 1.93 bits per heavy atom. The van der Waals surface area contributed by atoms with Gasteiger partial charge >= 0.3 is 5.97 Å². The Balaban J connectivity index is 1.76. The molecule has 1 aromatic heterocycles. The maximum atomic E-state index is 12.8. The third kappa shape index (κ3) is 4.60. The fraction of sp³-hybridized carbons (Fsp3) is 0.238. The average molecular weight is 411 g/mol. The van der Waals surface area contributed by atoms with Gasteiger partial charge in [-0.15, -0.1) is 0 Å². The molecule has 1 atom stereocenters. The van der Waals surface area contributed by atoms with Crippen LogP contribution in [0.4, 0.5) is 0 Å². The molecule has 1 amide bonds. The molecule has 0 saturated heterocycles. The van der Waals surface area contributed by atoms with Gasteiger partial charge in [-0.25, -0.2) is 4.79 Å². The lowest BCUT2D eigenvalue weighted by Crippen LogP contribution is -2.30. The van der Waals surface area contributed by atoms with Crippen molar-refractivity contribution in [1.82, 2.24) is 14.9 Å². The molecule has 29 heavy (non-hydrogen) atoms. The number of hydrogen-bond acceptors (Lipinski definition) is 5. The summed E-state index contributed by atoms with van der Waals surface area (Å²) < 4.78 is 6.23. The summed E-state index contributed by atoms with van der Waals surface area (Å²) in [6.45, 7) is 2.05. The molecule has 8 heteroatoms. The summed E-state index contributed by atoms with van der Waals surface area (Å²) in [6, 6.07) is 14.1. The summed E-state index contributed by atoms with van der Waals surface area (Å²) in [4.78, 5) is 39.7. The number of esters is 1. The second kappa shape index (κ2) is 8.83. The van der Waals surface area contributed by atoms with E-state index in [1.54, 1.807) is 6.07 Å². The van der Waals surface area contributed by atoms with Crippen molar-refractivity contribution in [3.8, 4) is 0 Å². The number of fused-ring (bicyclic) bond motifs is 1. The number of ether oxygens (including phenoxy) is 1. The van der Waals surface area contributed by atoms with Gasteiger partial charge in [-0.3, -0.25) is 14.2 Å². The van der Waals surface area contributed by atoms with Crippen LogP contribution >= 0.6 is 12.2 Å². The maximum Gasteiger partial charge on any atom is 0.337 e. The second-order valence-electron chi connectivity index (χ2n) is 6.59. The molecule has 0 aliphatic heterocycles. The Hall–Kier alpha value is -3.26. The third-order valence-electron chi connectivity index (χ3n) is 4.64. The van der Waals surface area contributed by atoms with Crippen molar-refractivity contribution in [3.63, 3.8) is 0 Å². The summed E-state index contributed by atoms with van der Waals surface area (Å²) in [5, 5.41) is 3.30. The highest BCUT2D eigenvalue weighted by atomic mass is 32.1. The largest absolute Gasteiger partial charge is 0.465 e. The lowest BCUT2D eigenvalue weighted by atomic mass is 10.1. The van der Waals surface area contributed by atoms with Crippen molar-refractivity contribution >= 4 is 35.0 Å². The fourth-order valence-electron chi connectivity index (χ4n) is 3.05. The van der Waals surface area contributed by atoms with Crippen LogP contribution in [0.5, 0.6) is 0 Å². The summed E-state index contributed by atoms with van der Waals surface area (Å²) in [5.74, 6) is -0.677. The van der Waals surface area contributed by atoms with Crippen LogP contribution in [0.2, 0.25) is 0 Å². The molecule has 0 unspecified atom stereocenters. The van der Waals surface area contributed by atoms with Gasteiger partial charge in [0.25, 0.3) is 5.56 Å². The van der Waals surface area contributed by atoms with Gasteiger partial charge in [0, 0.05) is 13.0 Å². The van der Waals surface area contributed by atoms with Crippen LogP contribution in [0, 0.1) is 4.77 Å². The molecule has 0 spiro atoms. The SMILES string of the molecule is COC(=O)c1ccc2c(=O)n(CCC(=O)N[C@@H](C)c3ccccc3)c(=S)[nH]c2c1. The van der Waals surface area contributed by atoms with E-state index in [2.05, 4.69) is 10.3 Å². The highest BCUT2D eigenvalue weighted by molar-refractivity contribution is 7.71. The Labute approximate surface area is 172 Å². The molecule has 150 valence electrons. The zero-order chi connectivity index (χ0) is 21.0. The van der Waals surface area contributed by atoms with E-state index in [0.29, 0.717) is 16.5 Å². The predicted octanol–water partition coefficient (Wildman–Crippen LogP) is 3.11. The number of H-pyrrole nitrogens is 1. The van der Waals surface area contributed by atoms with E-state index in [4.69, 9.17) is 17.0 Å². The van der Waals surface area contributed by atoms with Crippen molar-refractivity contribution in [2.24, 2.45) is 0 Å². The lowest BCUT2D eigenvalue weighted by molar-refractivity contribution is -0.122. The molecular formula is C21H21N3O4S. The van der Waals surface area contributed by atoms with E-state index in [0.717, 1.165) is 5.56 Å². The highest BCUT2D eigenvalue weighted by Crippen LogP contribution is 2.13. The lowest BCUT2D eigenvalue weighted by Gasteiger charge is -2.15. The third-order valence-corrected chi connectivity index (χ3v) is 4.96. The van der Waals surface area contributed by atoms with Gasteiger partial charge in [0.15, 0.2) is 4.77 Å². The van der Waals surface area contributed by atoms with E-state index in [1.165, 1.54) is 23.8 Å². The molecule has 3 rings (SSSR count). The first-order valence-electron chi connectivity index (χ1n) is 9.10. The summed E-state index contributed by atoms with van der Waals surface area (Å²) in [5.41, 5.74) is 1.45. The molecular weight excluding hydrogens is 390 g/mol. The predicted molar refractivity (Wildman–Crippen MR) is 112 cm³/mol. The minimum atomic E-state index is -0.500. The monoisotopic (exact) mass is 411 g/mol. The molecule has 7 nitrogen and oxygen atoms in total. The molecule has 0 fully saturated rings. The Morgan fingerprint density at radius 3 is 2.62 bits per heavy atom. The molecule has 0 aliphatic rings. The quantitative estimate of drug-likeness (QED) is 0.480. The number of nitrogens with one attached hydrogen (secondary N) is 2. The number of methoxy groups -OCH3 is 1. The van der Waals surface area contributed by atoms with Gasteiger partial charge in [0.05, 0.1) is 29.6 Å². The standard InChI is InChI=1S/C21H21N3O4S/c1-13(14-6-4-3-5-7-14)22-18(25)10-11-24-19(26)16-9-8-15(20(27)28-2)12-17(16)23-21(24)29/h3-9,12-13H,10-11H2,1-2H3,(H,22,25)(H,23,29)/t13-/m0/s1. The average Bonchev–Trinajstić information content (AvgIpc) is 2.73.